The van der Waals surface area contributed by atoms with Crippen LogP contribution in [0.25, 0.3) is 0 Å². The van der Waals surface area contributed by atoms with E-state index in [1.807, 2.05) is 0 Å². The van der Waals surface area contributed by atoms with Crippen LogP contribution in [0.5, 0.6) is 5.75 Å². The summed E-state index contributed by atoms with van der Waals surface area (Å²) in [7, 11) is 4.64. The quantitative estimate of drug-likeness (QED) is 0.771. The molecule has 0 bridgehead atoms. The third-order valence-electron chi connectivity index (χ3n) is 2.10. The van der Waals surface area contributed by atoms with Gasteiger partial charge in [-0.3, -0.25) is 0 Å². The summed E-state index contributed by atoms with van der Waals surface area (Å²) in [5, 5.41) is 0. The third kappa shape index (κ3) is 4.46. The molecule has 17 heavy (non-hydrogen) atoms. The predicted octanol–water partition coefficient (Wildman–Crippen LogP) is 2.67. The monoisotopic (exact) mass is 342 g/mol. The molecule has 0 N–H and O–H groups in total. The summed E-state index contributed by atoms with van der Waals surface area (Å²) < 4.78 is 33.3. The fraction of sp³-hybridized carbons (Fsp3) is 0.400. The maximum Gasteiger partial charge on any atom is 0.236 e. The molecule has 1 rings (SSSR count). The number of hydrogen-bond acceptors (Lipinski definition) is 4. The summed E-state index contributed by atoms with van der Waals surface area (Å²) in [6, 6.07) is 3.47. The molecule has 1 aromatic rings. The first kappa shape index (κ1) is 14.8. The van der Waals surface area contributed by atoms with Gasteiger partial charge < -0.3 is 9.47 Å². The lowest BCUT2D eigenvalue weighted by Crippen LogP contribution is -2.04. The van der Waals surface area contributed by atoms with Gasteiger partial charge in [-0.05, 0) is 17.7 Å². The standard InChI is InChI=1S/C10H12BrClO4S/c1-15-5-7-3-8(11)4-10(16-2)9(7)6-17(12,13)14/h3-4H,5-6H2,1-2H3. The molecule has 0 saturated heterocycles. The van der Waals surface area contributed by atoms with Gasteiger partial charge in [0, 0.05) is 27.8 Å². The minimum absolute atomic E-state index is 0.288. The number of benzene rings is 1. The topological polar surface area (TPSA) is 52.6 Å². The van der Waals surface area contributed by atoms with Crippen molar-refractivity contribution in [1.29, 1.82) is 0 Å². The molecule has 0 atom stereocenters. The summed E-state index contributed by atoms with van der Waals surface area (Å²) >= 11 is 3.32. The van der Waals surface area contributed by atoms with E-state index in [4.69, 9.17) is 20.2 Å². The van der Waals surface area contributed by atoms with Crippen LogP contribution in [0.4, 0.5) is 0 Å². The summed E-state index contributed by atoms with van der Waals surface area (Å²) in [4.78, 5) is 0. The first-order valence-corrected chi connectivity index (χ1v) is 7.91. The molecule has 4 nitrogen and oxygen atoms in total. The van der Waals surface area contributed by atoms with Crippen molar-refractivity contribution in [2.75, 3.05) is 14.2 Å². The van der Waals surface area contributed by atoms with Crippen LogP contribution in [0.1, 0.15) is 11.1 Å². The third-order valence-corrected chi connectivity index (χ3v) is 3.52. The number of halogens is 2. The van der Waals surface area contributed by atoms with E-state index in [1.54, 1.807) is 12.1 Å². The average molecular weight is 344 g/mol. The van der Waals surface area contributed by atoms with Gasteiger partial charge in [-0.2, -0.15) is 0 Å². The number of hydrogen-bond donors (Lipinski definition) is 0. The van der Waals surface area contributed by atoms with E-state index < -0.39 is 9.05 Å². The van der Waals surface area contributed by atoms with Gasteiger partial charge in [-0.25, -0.2) is 8.42 Å². The van der Waals surface area contributed by atoms with Crippen molar-refractivity contribution < 1.29 is 17.9 Å². The molecule has 7 heteroatoms. The second kappa shape index (κ2) is 6.04. The summed E-state index contributed by atoms with van der Waals surface area (Å²) in [6.45, 7) is 0.289. The van der Waals surface area contributed by atoms with E-state index >= 15 is 0 Å². The van der Waals surface area contributed by atoms with Gasteiger partial charge in [-0.15, -0.1) is 0 Å². The first-order chi connectivity index (χ1) is 7.87. The fourth-order valence-electron chi connectivity index (χ4n) is 1.47. The van der Waals surface area contributed by atoms with Crippen LogP contribution in [0.2, 0.25) is 0 Å². The van der Waals surface area contributed by atoms with Crippen molar-refractivity contribution >= 4 is 35.7 Å². The molecule has 1 aromatic carbocycles. The van der Waals surface area contributed by atoms with Crippen LogP contribution in [0.3, 0.4) is 0 Å². The van der Waals surface area contributed by atoms with Crippen molar-refractivity contribution in [2.24, 2.45) is 0 Å². The molecule has 0 aliphatic heterocycles. The molecule has 0 spiro atoms. The van der Waals surface area contributed by atoms with Crippen molar-refractivity contribution in [1.82, 2.24) is 0 Å². The van der Waals surface area contributed by atoms with E-state index in [0.717, 1.165) is 10.0 Å². The molecule has 96 valence electrons. The molecule has 0 aromatic heterocycles. The second-order valence-electron chi connectivity index (χ2n) is 3.36. The van der Waals surface area contributed by atoms with Gasteiger partial charge in [0.15, 0.2) is 0 Å². The van der Waals surface area contributed by atoms with Crippen LogP contribution in [0, 0.1) is 0 Å². The summed E-state index contributed by atoms with van der Waals surface area (Å²) in [5.74, 6) is 0.180. The Kier molecular flexibility index (Phi) is 5.24. The normalized spacial score (nSPS) is 11.5. The van der Waals surface area contributed by atoms with Crippen LogP contribution in [-0.2, 0) is 26.1 Å². The van der Waals surface area contributed by atoms with E-state index in [9.17, 15) is 8.42 Å². The fourth-order valence-corrected chi connectivity index (χ4v) is 2.95. The lowest BCUT2D eigenvalue weighted by molar-refractivity contribution is 0.184. The second-order valence-corrected chi connectivity index (χ2v) is 7.05. The molecule has 0 unspecified atom stereocenters. The largest absolute Gasteiger partial charge is 0.496 e. The van der Waals surface area contributed by atoms with Crippen LogP contribution >= 0.6 is 26.6 Å². The maximum atomic E-state index is 11.2. The summed E-state index contributed by atoms with van der Waals surface area (Å²) in [6.07, 6.45) is 0. The zero-order chi connectivity index (χ0) is 13.1. The Labute approximate surface area is 113 Å². The highest BCUT2D eigenvalue weighted by Gasteiger charge is 2.17. The van der Waals surface area contributed by atoms with Gasteiger partial charge in [-0.1, -0.05) is 15.9 Å². The SMILES string of the molecule is COCc1cc(Br)cc(OC)c1CS(=O)(=O)Cl. The van der Waals surface area contributed by atoms with Crippen molar-refractivity contribution in [3.8, 4) is 5.75 Å². The van der Waals surface area contributed by atoms with Crippen molar-refractivity contribution in [2.45, 2.75) is 12.4 Å². The number of ether oxygens (including phenoxy) is 2. The van der Waals surface area contributed by atoms with Crippen LogP contribution < -0.4 is 4.74 Å². The molecule has 0 fully saturated rings. The van der Waals surface area contributed by atoms with Crippen molar-refractivity contribution in [3.63, 3.8) is 0 Å². The Balaban J connectivity index is 3.31. The highest BCUT2D eigenvalue weighted by atomic mass is 79.9. The lowest BCUT2D eigenvalue weighted by atomic mass is 10.1. The van der Waals surface area contributed by atoms with Crippen molar-refractivity contribution in [3.05, 3.63) is 27.7 Å². The lowest BCUT2D eigenvalue weighted by Gasteiger charge is -2.13. The van der Waals surface area contributed by atoms with E-state index in [-0.39, 0.29) is 12.4 Å². The Bertz CT molecular complexity index is 501. The average Bonchev–Trinajstić information content (AvgIpc) is 2.20. The van der Waals surface area contributed by atoms with E-state index in [0.29, 0.717) is 11.3 Å². The predicted molar refractivity (Wildman–Crippen MR) is 69.9 cm³/mol. The minimum Gasteiger partial charge on any atom is -0.496 e. The van der Waals surface area contributed by atoms with E-state index in [1.165, 1.54) is 14.2 Å². The molecule has 0 aliphatic carbocycles. The van der Waals surface area contributed by atoms with Gasteiger partial charge >= 0.3 is 0 Å². The number of rotatable bonds is 5. The molecule has 0 heterocycles. The Morgan fingerprint density at radius 1 is 1.35 bits per heavy atom. The molecular weight excluding hydrogens is 332 g/mol. The highest BCUT2D eigenvalue weighted by Crippen LogP contribution is 2.30. The van der Waals surface area contributed by atoms with Gasteiger partial charge in [0.25, 0.3) is 0 Å². The summed E-state index contributed by atoms with van der Waals surface area (Å²) in [5.41, 5.74) is 1.25. The first-order valence-electron chi connectivity index (χ1n) is 4.64. The van der Waals surface area contributed by atoms with Crippen LogP contribution in [-0.4, -0.2) is 22.6 Å². The molecule has 0 saturated carbocycles. The number of methoxy groups -OCH3 is 2. The Morgan fingerprint density at radius 2 is 2.00 bits per heavy atom. The molecule has 0 radical (unpaired) electrons. The van der Waals surface area contributed by atoms with E-state index in [2.05, 4.69) is 15.9 Å². The van der Waals surface area contributed by atoms with Gasteiger partial charge in [0.05, 0.1) is 19.5 Å². The Hall–Kier alpha value is -0.300. The Morgan fingerprint density at radius 3 is 2.47 bits per heavy atom. The molecular formula is C10H12BrClO4S. The van der Waals surface area contributed by atoms with Crippen LogP contribution in [0.15, 0.2) is 16.6 Å². The zero-order valence-corrected chi connectivity index (χ0v) is 12.5. The zero-order valence-electron chi connectivity index (χ0n) is 9.37. The smallest absolute Gasteiger partial charge is 0.236 e. The van der Waals surface area contributed by atoms with Gasteiger partial charge in [0.2, 0.25) is 9.05 Å². The minimum atomic E-state index is -3.64. The molecule has 0 amide bonds. The maximum absolute atomic E-state index is 11.2. The molecule has 0 aliphatic rings. The highest BCUT2D eigenvalue weighted by molar-refractivity contribution is 9.10. The van der Waals surface area contributed by atoms with Gasteiger partial charge in [0.1, 0.15) is 5.75 Å².